The molecule has 3 N–H and O–H groups in total. The van der Waals surface area contributed by atoms with Gasteiger partial charge in [0.1, 0.15) is 5.75 Å². The molecule has 1 heterocycles. The summed E-state index contributed by atoms with van der Waals surface area (Å²) in [4.78, 5) is 28.4. The van der Waals surface area contributed by atoms with Crippen LogP contribution in [0.4, 0.5) is 5.69 Å². The highest BCUT2D eigenvalue weighted by atomic mass is 35.5. The van der Waals surface area contributed by atoms with Gasteiger partial charge in [0.05, 0.1) is 5.92 Å². The summed E-state index contributed by atoms with van der Waals surface area (Å²) in [6, 6.07) is 14.0. The van der Waals surface area contributed by atoms with Crippen LogP contribution in [0.5, 0.6) is 5.75 Å². The molecule has 0 aromatic heterocycles. The highest BCUT2D eigenvalue weighted by Gasteiger charge is 2.26. The Morgan fingerprint density at radius 2 is 1.73 bits per heavy atom. The summed E-state index contributed by atoms with van der Waals surface area (Å²) in [6.07, 6.45) is -0.117. The third kappa shape index (κ3) is 6.73. The van der Waals surface area contributed by atoms with E-state index in [0.29, 0.717) is 12.2 Å². The van der Waals surface area contributed by atoms with Crippen LogP contribution in [-0.4, -0.2) is 64.6 Å². The van der Waals surface area contributed by atoms with Crippen molar-refractivity contribution >= 4 is 29.2 Å². The monoisotopic (exact) mass is 431 g/mol. The minimum Gasteiger partial charge on any atom is -0.508 e. The molecule has 0 spiro atoms. The summed E-state index contributed by atoms with van der Waals surface area (Å²) < 4.78 is 0. The van der Waals surface area contributed by atoms with Crippen LogP contribution in [0.1, 0.15) is 12.0 Å². The van der Waals surface area contributed by atoms with Gasteiger partial charge in [0, 0.05) is 62.5 Å². The zero-order valence-electron chi connectivity index (χ0n) is 16.6. The van der Waals surface area contributed by atoms with Crippen LogP contribution in [-0.2, 0) is 16.1 Å². The molecule has 3 rings (SSSR count). The number of nitrogens with one attached hydrogen (secondary N) is 1. The maximum atomic E-state index is 12.3. The second-order valence-electron chi connectivity index (χ2n) is 7.54. The average molecular weight is 432 g/mol. The number of carbonyl (C=O) groups is 2. The second-order valence-corrected chi connectivity index (χ2v) is 7.98. The summed E-state index contributed by atoms with van der Waals surface area (Å²) in [7, 11) is 0. The van der Waals surface area contributed by atoms with Crippen LogP contribution in [0, 0.1) is 5.92 Å². The van der Waals surface area contributed by atoms with Crippen molar-refractivity contribution in [3.05, 3.63) is 59.1 Å². The number of rotatable bonds is 8. The molecule has 0 radical (unpaired) electrons. The molecule has 2 aromatic rings. The summed E-state index contributed by atoms with van der Waals surface area (Å²) in [5.41, 5.74) is 1.60. The lowest BCUT2D eigenvalue weighted by atomic mass is 10.0. The zero-order valence-corrected chi connectivity index (χ0v) is 17.4. The maximum Gasteiger partial charge on any atom is 0.308 e. The molecule has 0 saturated carbocycles. The van der Waals surface area contributed by atoms with E-state index in [1.165, 1.54) is 12.1 Å². The number of aliphatic carboxylic acids is 1. The Labute approximate surface area is 180 Å². The number of benzene rings is 2. The van der Waals surface area contributed by atoms with Crippen molar-refractivity contribution in [1.29, 1.82) is 0 Å². The Balaban J connectivity index is 1.47. The van der Waals surface area contributed by atoms with Gasteiger partial charge in [0.2, 0.25) is 5.91 Å². The van der Waals surface area contributed by atoms with Gasteiger partial charge in [0.15, 0.2) is 0 Å². The first-order valence-electron chi connectivity index (χ1n) is 9.90. The molecule has 0 aliphatic carbocycles. The fourth-order valence-corrected chi connectivity index (χ4v) is 3.80. The van der Waals surface area contributed by atoms with E-state index in [0.717, 1.165) is 43.3 Å². The molecule has 0 bridgehead atoms. The summed E-state index contributed by atoms with van der Waals surface area (Å²) in [5, 5.41) is 22.4. The number of phenols is 1. The topological polar surface area (TPSA) is 93.1 Å². The highest BCUT2D eigenvalue weighted by molar-refractivity contribution is 6.30. The first-order chi connectivity index (χ1) is 14.4. The Morgan fingerprint density at radius 3 is 2.40 bits per heavy atom. The smallest absolute Gasteiger partial charge is 0.308 e. The number of hydrogen-bond acceptors (Lipinski definition) is 5. The molecule has 1 aliphatic rings. The molecular weight excluding hydrogens is 406 g/mol. The van der Waals surface area contributed by atoms with E-state index in [1.807, 2.05) is 24.3 Å². The first kappa shape index (κ1) is 22.1. The zero-order chi connectivity index (χ0) is 21.5. The fourth-order valence-electron chi connectivity index (χ4n) is 3.58. The summed E-state index contributed by atoms with van der Waals surface area (Å²) in [6.45, 7) is 4.29. The number of piperazine rings is 1. The van der Waals surface area contributed by atoms with Crippen molar-refractivity contribution in [3.8, 4) is 5.75 Å². The highest BCUT2D eigenvalue weighted by Crippen LogP contribution is 2.18. The van der Waals surface area contributed by atoms with Crippen LogP contribution >= 0.6 is 11.6 Å². The SMILES string of the molecule is O=C(CC(CN1CCN(Cc2cccc(Cl)c2)CC1)C(=O)O)Nc1cccc(O)c1. The van der Waals surface area contributed by atoms with Crippen LogP contribution in [0.3, 0.4) is 0 Å². The molecule has 1 fully saturated rings. The van der Waals surface area contributed by atoms with Gasteiger partial charge in [-0.2, -0.15) is 0 Å². The minimum atomic E-state index is -0.984. The Hall–Kier alpha value is -2.61. The Kier molecular flexibility index (Phi) is 7.68. The van der Waals surface area contributed by atoms with Gasteiger partial charge in [-0.05, 0) is 29.8 Å². The van der Waals surface area contributed by atoms with E-state index in [2.05, 4.69) is 15.1 Å². The number of carboxylic acid groups (broad SMARTS) is 1. The molecule has 30 heavy (non-hydrogen) atoms. The number of carbonyl (C=O) groups excluding carboxylic acids is 1. The van der Waals surface area contributed by atoms with Crippen LogP contribution < -0.4 is 5.32 Å². The second kappa shape index (κ2) is 10.4. The molecule has 1 aliphatic heterocycles. The van der Waals surface area contributed by atoms with Gasteiger partial charge in [-0.1, -0.05) is 29.8 Å². The summed E-state index contributed by atoms with van der Waals surface area (Å²) in [5.74, 6) is -2.12. The van der Waals surface area contributed by atoms with Gasteiger partial charge < -0.3 is 15.5 Å². The van der Waals surface area contributed by atoms with Crippen molar-refractivity contribution in [2.45, 2.75) is 13.0 Å². The number of hydrogen-bond donors (Lipinski definition) is 3. The largest absolute Gasteiger partial charge is 0.508 e. The van der Waals surface area contributed by atoms with E-state index in [-0.39, 0.29) is 18.1 Å². The number of anilines is 1. The lowest BCUT2D eigenvalue weighted by Gasteiger charge is -2.35. The molecule has 1 atom stereocenters. The molecular formula is C22H26ClN3O4. The normalized spacial score (nSPS) is 16.2. The first-order valence-corrected chi connectivity index (χ1v) is 10.3. The van der Waals surface area contributed by atoms with E-state index < -0.39 is 11.9 Å². The molecule has 8 heteroatoms. The fraction of sp³-hybridized carbons (Fsp3) is 0.364. The summed E-state index contributed by atoms with van der Waals surface area (Å²) >= 11 is 6.05. The molecule has 1 saturated heterocycles. The van der Waals surface area contributed by atoms with E-state index in [9.17, 15) is 19.8 Å². The standard InChI is InChI=1S/C22H26ClN3O4/c23-18-4-1-3-16(11-18)14-25-7-9-26(10-8-25)15-17(22(29)30)12-21(28)24-19-5-2-6-20(27)13-19/h1-6,11,13,17,27H,7-10,12,14-15H2,(H,24,28)(H,29,30). The predicted molar refractivity (Wildman–Crippen MR) is 116 cm³/mol. The quantitative estimate of drug-likeness (QED) is 0.595. The molecule has 160 valence electrons. The number of aromatic hydroxyl groups is 1. The number of amides is 1. The number of nitrogens with zero attached hydrogens (tertiary/aromatic N) is 2. The lowest BCUT2D eigenvalue weighted by Crippen LogP contribution is -2.48. The molecule has 2 aromatic carbocycles. The predicted octanol–water partition coefficient (Wildman–Crippen LogP) is 2.89. The number of phenolic OH excluding ortho intramolecular Hbond substituents is 1. The van der Waals surface area contributed by atoms with Gasteiger partial charge in [-0.25, -0.2) is 0 Å². The van der Waals surface area contributed by atoms with E-state index in [4.69, 9.17) is 11.6 Å². The number of halogens is 1. The third-order valence-electron chi connectivity index (χ3n) is 5.15. The maximum absolute atomic E-state index is 12.3. The van der Waals surface area contributed by atoms with Crippen molar-refractivity contribution in [2.24, 2.45) is 5.92 Å². The van der Waals surface area contributed by atoms with Gasteiger partial charge in [-0.15, -0.1) is 0 Å². The molecule has 7 nitrogen and oxygen atoms in total. The average Bonchev–Trinajstić information content (AvgIpc) is 2.69. The van der Waals surface area contributed by atoms with Gasteiger partial charge in [0.25, 0.3) is 0 Å². The van der Waals surface area contributed by atoms with Crippen LogP contribution in [0.25, 0.3) is 0 Å². The third-order valence-corrected chi connectivity index (χ3v) is 5.38. The van der Waals surface area contributed by atoms with Gasteiger partial charge in [-0.3, -0.25) is 19.4 Å². The van der Waals surface area contributed by atoms with Crippen molar-refractivity contribution < 1.29 is 19.8 Å². The molecule has 1 unspecified atom stereocenters. The Bertz CT molecular complexity index is 884. The van der Waals surface area contributed by atoms with E-state index in [1.54, 1.807) is 12.1 Å². The Morgan fingerprint density at radius 1 is 1.03 bits per heavy atom. The van der Waals surface area contributed by atoms with Crippen LogP contribution in [0.2, 0.25) is 5.02 Å². The van der Waals surface area contributed by atoms with E-state index >= 15 is 0 Å². The molecule has 1 amide bonds. The van der Waals surface area contributed by atoms with Crippen molar-refractivity contribution in [2.75, 3.05) is 38.0 Å². The van der Waals surface area contributed by atoms with Crippen molar-refractivity contribution in [3.63, 3.8) is 0 Å². The van der Waals surface area contributed by atoms with Crippen molar-refractivity contribution in [1.82, 2.24) is 9.80 Å². The number of carboxylic acids is 1. The lowest BCUT2D eigenvalue weighted by molar-refractivity contribution is -0.144. The minimum absolute atomic E-state index is 0.0400. The van der Waals surface area contributed by atoms with Crippen LogP contribution in [0.15, 0.2) is 48.5 Å². The van der Waals surface area contributed by atoms with Gasteiger partial charge >= 0.3 is 5.97 Å².